The molecule has 0 aliphatic heterocycles. The van der Waals surface area contributed by atoms with Crippen LogP contribution in [0.4, 0.5) is 5.88 Å². The van der Waals surface area contributed by atoms with Gasteiger partial charge in [0.1, 0.15) is 24.0 Å². The standard InChI is InChI=1S/C39H32N2O3/c1-4-42-36-22-28(16-21-35(36)43-25-32-10-7-9-29-8-5-6-11-33(29)32)24-41-39-34(23-40)37(30-17-12-26(2)13-18-30)38(44-39)31-19-14-27(3)15-20-31/h5-22,24H,4,25H2,1-3H3. The first kappa shape index (κ1) is 28.5. The molecule has 0 atom stereocenters. The summed E-state index contributed by atoms with van der Waals surface area (Å²) < 4.78 is 18.5. The van der Waals surface area contributed by atoms with Crippen LogP contribution >= 0.6 is 0 Å². The predicted molar refractivity (Wildman–Crippen MR) is 177 cm³/mol. The van der Waals surface area contributed by atoms with Crippen molar-refractivity contribution in [3.63, 3.8) is 0 Å². The van der Waals surface area contributed by atoms with Gasteiger partial charge in [0.05, 0.1) is 6.61 Å². The number of ether oxygens (including phenoxy) is 2. The van der Waals surface area contributed by atoms with Crippen molar-refractivity contribution in [2.45, 2.75) is 27.4 Å². The van der Waals surface area contributed by atoms with Crippen molar-refractivity contribution in [2.24, 2.45) is 4.99 Å². The van der Waals surface area contributed by atoms with Crippen LogP contribution in [-0.2, 0) is 6.61 Å². The van der Waals surface area contributed by atoms with Crippen molar-refractivity contribution in [1.82, 2.24) is 0 Å². The molecule has 0 saturated heterocycles. The van der Waals surface area contributed by atoms with Gasteiger partial charge in [-0.1, -0.05) is 102 Å². The zero-order valence-corrected chi connectivity index (χ0v) is 25.0. The largest absolute Gasteiger partial charge is 0.490 e. The molecule has 0 aliphatic rings. The van der Waals surface area contributed by atoms with Crippen molar-refractivity contribution in [2.75, 3.05) is 6.61 Å². The van der Waals surface area contributed by atoms with Gasteiger partial charge in [0.15, 0.2) is 11.5 Å². The summed E-state index contributed by atoms with van der Waals surface area (Å²) in [5.41, 5.74) is 7.09. The van der Waals surface area contributed by atoms with Crippen molar-refractivity contribution in [1.29, 1.82) is 5.26 Å². The third-order valence-corrected chi connectivity index (χ3v) is 7.52. The van der Waals surface area contributed by atoms with E-state index in [1.165, 1.54) is 10.8 Å². The van der Waals surface area contributed by atoms with Gasteiger partial charge in [-0.2, -0.15) is 5.26 Å². The fourth-order valence-corrected chi connectivity index (χ4v) is 5.22. The molecule has 0 spiro atoms. The molecule has 0 unspecified atom stereocenters. The molecule has 0 radical (unpaired) electrons. The van der Waals surface area contributed by atoms with Gasteiger partial charge in [-0.05, 0) is 66.4 Å². The zero-order valence-electron chi connectivity index (χ0n) is 25.0. The first-order chi connectivity index (χ1) is 21.5. The van der Waals surface area contributed by atoms with Crippen molar-refractivity contribution >= 4 is 22.9 Å². The Bertz CT molecular complexity index is 1990. The van der Waals surface area contributed by atoms with Crippen LogP contribution in [0.25, 0.3) is 33.2 Å². The number of fused-ring (bicyclic) bond motifs is 1. The Kier molecular flexibility index (Phi) is 8.25. The normalized spacial score (nSPS) is 11.1. The summed E-state index contributed by atoms with van der Waals surface area (Å²) in [5, 5.41) is 12.6. The number of hydrogen-bond acceptors (Lipinski definition) is 5. The molecule has 44 heavy (non-hydrogen) atoms. The summed E-state index contributed by atoms with van der Waals surface area (Å²) in [6.07, 6.45) is 1.69. The molecule has 0 bridgehead atoms. The van der Waals surface area contributed by atoms with E-state index in [9.17, 15) is 5.26 Å². The summed E-state index contributed by atoms with van der Waals surface area (Å²) in [6, 6.07) is 38.7. The van der Waals surface area contributed by atoms with Gasteiger partial charge < -0.3 is 13.9 Å². The Morgan fingerprint density at radius 3 is 2.20 bits per heavy atom. The van der Waals surface area contributed by atoms with Crippen LogP contribution in [0.5, 0.6) is 11.5 Å². The van der Waals surface area contributed by atoms with E-state index in [0.29, 0.717) is 36.0 Å². The Hall–Kier alpha value is -5.60. The van der Waals surface area contributed by atoms with E-state index in [2.05, 4.69) is 35.3 Å². The van der Waals surface area contributed by atoms with Crippen LogP contribution in [0, 0.1) is 25.2 Å². The predicted octanol–water partition coefficient (Wildman–Crippen LogP) is 9.98. The molecule has 0 amide bonds. The van der Waals surface area contributed by atoms with E-state index >= 15 is 0 Å². The maximum atomic E-state index is 10.3. The van der Waals surface area contributed by atoms with Crippen LogP contribution in [0.15, 0.2) is 119 Å². The Labute approximate surface area is 257 Å². The van der Waals surface area contributed by atoms with Crippen LogP contribution in [0.1, 0.15) is 34.7 Å². The fraction of sp³-hybridized carbons (Fsp3) is 0.128. The molecule has 1 heterocycles. The van der Waals surface area contributed by atoms with Gasteiger partial charge in [-0.15, -0.1) is 0 Å². The lowest BCUT2D eigenvalue weighted by Crippen LogP contribution is -2.01. The lowest BCUT2D eigenvalue weighted by atomic mass is 9.97. The van der Waals surface area contributed by atoms with E-state index in [1.54, 1.807) is 6.21 Å². The van der Waals surface area contributed by atoms with Crippen LogP contribution in [0.3, 0.4) is 0 Å². The number of furan rings is 1. The molecule has 1 aromatic heterocycles. The highest BCUT2D eigenvalue weighted by atomic mass is 16.5. The van der Waals surface area contributed by atoms with Crippen molar-refractivity contribution in [3.8, 4) is 40.0 Å². The van der Waals surface area contributed by atoms with Crippen LogP contribution in [0.2, 0.25) is 0 Å². The highest BCUT2D eigenvalue weighted by Gasteiger charge is 2.23. The fourth-order valence-electron chi connectivity index (χ4n) is 5.22. The maximum absolute atomic E-state index is 10.3. The maximum Gasteiger partial charge on any atom is 0.238 e. The molecule has 5 aromatic carbocycles. The summed E-state index contributed by atoms with van der Waals surface area (Å²) in [7, 11) is 0. The van der Waals surface area contributed by atoms with E-state index in [1.807, 2.05) is 106 Å². The molecule has 0 N–H and O–H groups in total. The zero-order chi connectivity index (χ0) is 30.5. The van der Waals surface area contributed by atoms with E-state index in [0.717, 1.165) is 38.9 Å². The average molecular weight is 577 g/mol. The molecule has 6 rings (SSSR count). The number of nitriles is 1. The quantitative estimate of drug-likeness (QED) is 0.161. The summed E-state index contributed by atoms with van der Waals surface area (Å²) >= 11 is 0. The Morgan fingerprint density at radius 1 is 0.773 bits per heavy atom. The number of nitrogens with zero attached hydrogens (tertiary/aromatic N) is 2. The topological polar surface area (TPSA) is 67.8 Å². The smallest absolute Gasteiger partial charge is 0.238 e. The van der Waals surface area contributed by atoms with Gasteiger partial charge in [0.25, 0.3) is 0 Å². The van der Waals surface area contributed by atoms with Crippen LogP contribution in [-0.4, -0.2) is 12.8 Å². The van der Waals surface area contributed by atoms with Crippen molar-refractivity contribution < 1.29 is 13.9 Å². The van der Waals surface area contributed by atoms with E-state index in [-0.39, 0.29) is 5.88 Å². The molecule has 0 aliphatic carbocycles. The molecule has 5 nitrogen and oxygen atoms in total. The first-order valence-electron chi connectivity index (χ1n) is 14.7. The third kappa shape index (κ3) is 5.97. The second kappa shape index (κ2) is 12.7. The summed E-state index contributed by atoms with van der Waals surface area (Å²) in [6.45, 7) is 6.92. The highest BCUT2D eigenvalue weighted by Crippen LogP contribution is 2.43. The molecular formula is C39H32N2O3. The van der Waals surface area contributed by atoms with Gasteiger partial charge in [-0.3, -0.25) is 0 Å². The molecule has 0 fully saturated rings. The summed E-state index contributed by atoms with van der Waals surface area (Å²) in [5.74, 6) is 2.14. The number of benzene rings is 5. The second-order valence-electron chi connectivity index (χ2n) is 10.7. The number of aryl methyl sites for hydroxylation is 2. The molecule has 0 saturated carbocycles. The van der Waals surface area contributed by atoms with Gasteiger partial charge in [0, 0.05) is 17.3 Å². The van der Waals surface area contributed by atoms with E-state index < -0.39 is 0 Å². The first-order valence-corrected chi connectivity index (χ1v) is 14.7. The van der Waals surface area contributed by atoms with Gasteiger partial charge in [0.2, 0.25) is 5.88 Å². The van der Waals surface area contributed by atoms with Crippen molar-refractivity contribution in [3.05, 3.63) is 137 Å². The number of aliphatic imine (C=N–C) groups is 1. The minimum Gasteiger partial charge on any atom is -0.490 e. The monoisotopic (exact) mass is 576 g/mol. The van der Waals surface area contributed by atoms with Crippen LogP contribution < -0.4 is 9.47 Å². The Morgan fingerprint density at radius 2 is 1.48 bits per heavy atom. The SMILES string of the molecule is CCOc1cc(C=Nc2oc(-c3ccc(C)cc3)c(-c3ccc(C)cc3)c2C#N)ccc1OCc1cccc2ccccc12. The molecule has 5 heteroatoms. The number of rotatable bonds is 9. The highest BCUT2D eigenvalue weighted by molar-refractivity contribution is 5.90. The molecule has 216 valence electrons. The van der Waals surface area contributed by atoms with Gasteiger partial charge >= 0.3 is 0 Å². The average Bonchev–Trinajstić information content (AvgIpc) is 3.42. The molecular weight excluding hydrogens is 544 g/mol. The van der Waals surface area contributed by atoms with E-state index in [4.69, 9.17) is 13.9 Å². The minimum absolute atomic E-state index is 0.257. The second-order valence-corrected chi connectivity index (χ2v) is 10.7. The third-order valence-electron chi connectivity index (χ3n) is 7.52. The number of hydrogen-bond donors (Lipinski definition) is 0. The van der Waals surface area contributed by atoms with Gasteiger partial charge in [-0.25, -0.2) is 4.99 Å². The Balaban J connectivity index is 1.32. The lowest BCUT2D eigenvalue weighted by molar-refractivity contribution is 0.270. The minimum atomic E-state index is 0.257. The lowest BCUT2D eigenvalue weighted by Gasteiger charge is -2.13. The molecule has 6 aromatic rings. The summed E-state index contributed by atoms with van der Waals surface area (Å²) in [4.78, 5) is 4.66.